The molecule has 0 aliphatic carbocycles. The van der Waals surface area contributed by atoms with Crippen molar-refractivity contribution in [2.75, 3.05) is 0 Å². The third kappa shape index (κ3) is 1.07. The Morgan fingerprint density at radius 1 is 1.57 bits per heavy atom. The molecule has 0 aliphatic heterocycles. The summed E-state index contributed by atoms with van der Waals surface area (Å²) in [7, 11) is 1.73. The van der Waals surface area contributed by atoms with Crippen LogP contribution < -0.4 is 5.69 Å². The van der Waals surface area contributed by atoms with Gasteiger partial charge < -0.3 is 0 Å². The Morgan fingerprint density at radius 2 is 2.29 bits per heavy atom. The lowest BCUT2D eigenvalue weighted by atomic mass is 10.4. The molecule has 0 fully saturated rings. The summed E-state index contributed by atoms with van der Waals surface area (Å²) in [5.74, 6) is 0. The summed E-state index contributed by atoms with van der Waals surface area (Å²) in [6, 6.07) is 1.79. The van der Waals surface area contributed by atoms with Crippen LogP contribution >= 0.6 is 11.6 Å². The van der Waals surface area contributed by atoms with E-state index in [9.17, 15) is 4.79 Å². The van der Waals surface area contributed by atoms with Gasteiger partial charge in [-0.25, -0.2) is 9.78 Å². The fraction of sp³-hybridized carbons (Fsp3) is 0.333. The first-order chi connectivity index (χ1) is 6.66. The lowest BCUT2D eigenvalue weighted by Gasteiger charge is -1.98. The van der Waals surface area contributed by atoms with Gasteiger partial charge in [-0.05, 0) is 13.0 Å². The van der Waals surface area contributed by atoms with Crippen molar-refractivity contribution in [1.29, 1.82) is 0 Å². The molecule has 4 nitrogen and oxygen atoms in total. The summed E-state index contributed by atoms with van der Waals surface area (Å²) in [5, 5.41) is 0.377. The van der Waals surface area contributed by atoms with Crippen LogP contribution in [0.3, 0.4) is 0 Å². The monoisotopic (exact) mass is 211 g/mol. The first-order valence-corrected chi connectivity index (χ1v) is 4.74. The van der Waals surface area contributed by atoms with Crippen LogP contribution in [0.5, 0.6) is 0 Å². The molecule has 0 spiro atoms. The molecule has 0 saturated carbocycles. The van der Waals surface area contributed by atoms with E-state index in [1.165, 1.54) is 0 Å². The number of aromatic nitrogens is 3. The van der Waals surface area contributed by atoms with Gasteiger partial charge in [-0.1, -0.05) is 11.6 Å². The third-order valence-electron chi connectivity index (χ3n) is 2.32. The summed E-state index contributed by atoms with van der Waals surface area (Å²) >= 11 is 5.94. The maximum Gasteiger partial charge on any atom is 0.328 e. The molecule has 74 valence electrons. The van der Waals surface area contributed by atoms with Gasteiger partial charge in [0.25, 0.3) is 0 Å². The number of imidazole rings is 1. The van der Waals surface area contributed by atoms with Crippen molar-refractivity contribution in [3.05, 3.63) is 27.9 Å². The molecule has 14 heavy (non-hydrogen) atoms. The van der Waals surface area contributed by atoms with Gasteiger partial charge >= 0.3 is 5.69 Å². The first kappa shape index (κ1) is 9.27. The number of hydrogen-bond acceptors (Lipinski definition) is 2. The molecule has 2 rings (SSSR count). The summed E-state index contributed by atoms with van der Waals surface area (Å²) < 4.78 is 3.19. The highest BCUT2D eigenvalue weighted by Gasteiger charge is 2.12. The smallest absolute Gasteiger partial charge is 0.295 e. The predicted octanol–water partition coefficient (Wildman–Crippen LogP) is 1.41. The molecule has 0 radical (unpaired) electrons. The van der Waals surface area contributed by atoms with Crippen LogP contribution in [-0.2, 0) is 13.6 Å². The van der Waals surface area contributed by atoms with Gasteiger partial charge in [-0.2, -0.15) is 0 Å². The van der Waals surface area contributed by atoms with Gasteiger partial charge in [-0.15, -0.1) is 0 Å². The van der Waals surface area contributed by atoms with Gasteiger partial charge in [0.05, 0.1) is 5.52 Å². The Labute approximate surface area is 85.7 Å². The molecule has 0 aromatic carbocycles. The Hall–Kier alpha value is -1.29. The molecule has 0 saturated heterocycles. The van der Waals surface area contributed by atoms with E-state index in [0.29, 0.717) is 17.2 Å². The number of pyridine rings is 1. The van der Waals surface area contributed by atoms with Crippen molar-refractivity contribution in [1.82, 2.24) is 14.1 Å². The number of hydrogen-bond donors (Lipinski definition) is 0. The van der Waals surface area contributed by atoms with Gasteiger partial charge in [0.1, 0.15) is 5.52 Å². The summed E-state index contributed by atoms with van der Waals surface area (Å²) in [6.45, 7) is 2.51. The quantitative estimate of drug-likeness (QED) is 0.670. The van der Waals surface area contributed by atoms with E-state index in [1.807, 2.05) is 6.92 Å². The molecular weight excluding hydrogens is 202 g/mol. The standard InChI is InChI=1S/C9H10ClN3O/c1-3-13-7-6(12(2)9(13)14)4-5-11-8(7)10/h4-5H,3H2,1-2H3. The van der Waals surface area contributed by atoms with Crippen LogP contribution in [0.1, 0.15) is 6.92 Å². The largest absolute Gasteiger partial charge is 0.328 e. The highest BCUT2D eigenvalue weighted by atomic mass is 35.5. The maximum atomic E-state index is 11.7. The SMILES string of the molecule is CCn1c(=O)n(C)c2ccnc(Cl)c21. The van der Waals surface area contributed by atoms with Crippen LogP contribution in [0.4, 0.5) is 0 Å². The van der Waals surface area contributed by atoms with Gasteiger partial charge in [0, 0.05) is 19.8 Å². The predicted molar refractivity (Wildman–Crippen MR) is 55.7 cm³/mol. The highest BCUT2D eigenvalue weighted by molar-refractivity contribution is 6.33. The van der Waals surface area contributed by atoms with Crippen molar-refractivity contribution < 1.29 is 0 Å². The minimum absolute atomic E-state index is 0.0580. The summed E-state index contributed by atoms with van der Waals surface area (Å²) in [5.41, 5.74) is 1.47. The van der Waals surface area contributed by atoms with E-state index < -0.39 is 0 Å². The zero-order chi connectivity index (χ0) is 10.3. The lowest BCUT2D eigenvalue weighted by molar-refractivity contribution is 0.712. The molecule has 0 amide bonds. The number of fused-ring (bicyclic) bond motifs is 1. The van der Waals surface area contributed by atoms with Crippen LogP contribution in [0.15, 0.2) is 17.1 Å². The van der Waals surface area contributed by atoms with E-state index in [0.717, 1.165) is 5.52 Å². The molecule has 0 aliphatic rings. The fourth-order valence-corrected chi connectivity index (χ4v) is 1.87. The molecular formula is C9H10ClN3O. The molecule has 0 bridgehead atoms. The van der Waals surface area contributed by atoms with Crippen molar-refractivity contribution >= 4 is 22.6 Å². The summed E-state index contributed by atoms with van der Waals surface area (Å²) in [4.78, 5) is 15.7. The Balaban J connectivity index is 3.04. The highest BCUT2D eigenvalue weighted by Crippen LogP contribution is 2.19. The second kappa shape index (κ2) is 3.13. The number of nitrogens with zero attached hydrogens (tertiary/aromatic N) is 3. The Kier molecular flexibility index (Phi) is 2.07. The fourth-order valence-electron chi connectivity index (χ4n) is 1.61. The van der Waals surface area contributed by atoms with E-state index in [4.69, 9.17) is 11.6 Å². The molecule has 2 heterocycles. The zero-order valence-electron chi connectivity index (χ0n) is 7.99. The molecule has 5 heteroatoms. The van der Waals surface area contributed by atoms with Crippen molar-refractivity contribution in [2.24, 2.45) is 7.05 Å². The summed E-state index contributed by atoms with van der Waals surface area (Å²) in [6.07, 6.45) is 1.60. The molecule has 2 aromatic heterocycles. The molecule has 2 aromatic rings. The van der Waals surface area contributed by atoms with Gasteiger partial charge in [-0.3, -0.25) is 9.13 Å². The number of halogens is 1. The number of rotatable bonds is 1. The normalized spacial score (nSPS) is 11.1. The average molecular weight is 212 g/mol. The Bertz CT molecular complexity index is 541. The minimum Gasteiger partial charge on any atom is -0.295 e. The van der Waals surface area contributed by atoms with Gasteiger partial charge in [0.2, 0.25) is 0 Å². The third-order valence-corrected chi connectivity index (χ3v) is 2.60. The van der Waals surface area contributed by atoms with Crippen molar-refractivity contribution in [3.63, 3.8) is 0 Å². The maximum absolute atomic E-state index is 11.7. The van der Waals surface area contributed by atoms with E-state index in [-0.39, 0.29) is 5.69 Å². The van der Waals surface area contributed by atoms with Crippen LogP contribution in [0.25, 0.3) is 11.0 Å². The zero-order valence-corrected chi connectivity index (χ0v) is 8.75. The minimum atomic E-state index is -0.0580. The van der Waals surface area contributed by atoms with Crippen molar-refractivity contribution in [3.8, 4) is 0 Å². The van der Waals surface area contributed by atoms with E-state index >= 15 is 0 Å². The van der Waals surface area contributed by atoms with Gasteiger partial charge in [0.15, 0.2) is 5.15 Å². The van der Waals surface area contributed by atoms with Crippen LogP contribution in [0, 0.1) is 0 Å². The molecule has 0 N–H and O–H groups in total. The molecule has 0 atom stereocenters. The van der Waals surface area contributed by atoms with Crippen molar-refractivity contribution in [2.45, 2.75) is 13.5 Å². The topological polar surface area (TPSA) is 39.8 Å². The van der Waals surface area contributed by atoms with E-state index in [2.05, 4.69) is 4.98 Å². The second-order valence-electron chi connectivity index (χ2n) is 3.06. The lowest BCUT2D eigenvalue weighted by Crippen LogP contribution is -2.21. The van der Waals surface area contributed by atoms with E-state index in [1.54, 1.807) is 28.4 Å². The second-order valence-corrected chi connectivity index (χ2v) is 3.41. The number of aryl methyl sites for hydroxylation is 2. The molecule has 0 unspecified atom stereocenters. The Morgan fingerprint density at radius 3 is 2.93 bits per heavy atom. The van der Waals surface area contributed by atoms with Crippen LogP contribution in [-0.4, -0.2) is 14.1 Å². The first-order valence-electron chi connectivity index (χ1n) is 4.36. The van der Waals surface area contributed by atoms with Crippen LogP contribution in [0.2, 0.25) is 5.15 Å². The average Bonchev–Trinajstić information content (AvgIpc) is 2.43.